The van der Waals surface area contributed by atoms with Gasteiger partial charge < -0.3 is 0 Å². The lowest BCUT2D eigenvalue weighted by molar-refractivity contribution is 0.552. The molecule has 124 valence electrons. The van der Waals surface area contributed by atoms with Crippen molar-refractivity contribution in [2.45, 2.75) is 19.9 Å². The summed E-state index contributed by atoms with van der Waals surface area (Å²) in [5.74, 6) is 0. The minimum atomic E-state index is -0.334. The van der Waals surface area contributed by atoms with E-state index in [9.17, 15) is 0 Å². The highest BCUT2D eigenvalue weighted by Crippen LogP contribution is 2.30. The van der Waals surface area contributed by atoms with E-state index in [0.29, 0.717) is 10.8 Å². The largest absolute Gasteiger partial charge is 0.259 e. The maximum Gasteiger partial charge on any atom is 0.153 e. The Kier molecular flexibility index (Phi) is 3.93. The lowest BCUT2D eigenvalue weighted by atomic mass is 10.1. The van der Waals surface area contributed by atoms with Crippen LogP contribution in [-0.2, 0) is 0 Å². The Balaban J connectivity index is 1.98. The number of nitrogens with zero attached hydrogens (tertiary/aromatic N) is 5. The fraction of sp³-hybridized carbons (Fsp3) is 0.158. The third kappa shape index (κ3) is 2.87. The van der Waals surface area contributed by atoms with Gasteiger partial charge in [0.15, 0.2) is 5.15 Å². The molecule has 0 saturated heterocycles. The number of para-hydroxylation sites is 2. The first-order chi connectivity index (χ1) is 12.1. The molecule has 0 amide bonds. The van der Waals surface area contributed by atoms with Crippen LogP contribution in [0.25, 0.3) is 11.0 Å². The van der Waals surface area contributed by atoms with Crippen molar-refractivity contribution in [1.29, 1.82) is 0 Å². The molecule has 3 aromatic heterocycles. The fourth-order valence-corrected chi connectivity index (χ4v) is 3.23. The van der Waals surface area contributed by atoms with Crippen LogP contribution in [-0.4, -0.2) is 24.7 Å². The topological polar surface area (TPSA) is 56.5 Å². The number of aryl methyl sites for hydroxylation is 2. The number of fused-ring (bicyclic) bond motifs is 1. The predicted molar refractivity (Wildman–Crippen MR) is 97.7 cm³/mol. The van der Waals surface area contributed by atoms with Crippen molar-refractivity contribution in [3.63, 3.8) is 0 Å². The first-order valence-corrected chi connectivity index (χ1v) is 8.37. The van der Waals surface area contributed by atoms with Gasteiger partial charge in [-0.05, 0) is 44.2 Å². The molecule has 1 unspecified atom stereocenters. The number of halogens is 1. The number of hydrogen-bond acceptors (Lipinski definition) is 4. The summed E-state index contributed by atoms with van der Waals surface area (Å²) in [4.78, 5) is 13.8. The summed E-state index contributed by atoms with van der Waals surface area (Å²) in [6.45, 7) is 3.98. The summed E-state index contributed by atoms with van der Waals surface area (Å²) in [5, 5.41) is 5.00. The average molecular weight is 350 g/mol. The highest BCUT2D eigenvalue weighted by molar-refractivity contribution is 6.30. The zero-order valence-electron chi connectivity index (χ0n) is 13.9. The van der Waals surface area contributed by atoms with E-state index in [1.54, 1.807) is 6.20 Å². The molecule has 4 aromatic rings. The summed E-state index contributed by atoms with van der Waals surface area (Å²) in [6, 6.07) is 15.2. The number of rotatable bonds is 3. The molecule has 0 aliphatic heterocycles. The van der Waals surface area contributed by atoms with E-state index in [0.717, 1.165) is 28.1 Å². The van der Waals surface area contributed by atoms with Crippen LogP contribution in [0.5, 0.6) is 0 Å². The molecule has 0 aliphatic carbocycles. The second-order valence-electron chi connectivity index (χ2n) is 5.92. The van der Waals surface area contributed by atoms with Crippen molar-refractivity contribution in [2.24, 2.45) is 0 Å². The molecular weight excluding hydrogens is 334 g/mol. The second kappa shape index (κ2) is 6.26. The lowest BCUT2D eigenvalue weighted by Crippen LogP contribution is -2.19. The highest BCUT2D eigenvalue weighted by atomic mass is 35.5. The van der Waals surface area contributed by atoms with Crippen molar-refractivity contribution in [2.75, 3.05) is 0 Å². The SMILES string of the molecule is Cc1cc(C)n(C(c2ccccn2)c2nc3ccccc3nc2Cl)n1. The van der Waals surface area contributed by atoms with Crippen molar-refractivity contribution in [3.8, 4) is 0 Å². The van der Waals surface area contributed by atoms with Gasteiger partial charge in [-0.3, -0.25) is 9.67 Å². The maximum absolute atomic E-state index is 6.51. The van der Waals surface area contributed by atoms with E-state index >= 15 is 0 Å². The molecule has 5 nitrogen and oxygen atoms in total. The Hall–Kier alpha value is -2.79. The van der Waals surface area contributed by atoms with E-state index in [4.69, 9.17) is 16.6 Å². The van der Waals surface area contributed by atoms with Crippen LogP contribution in [0.1, 0.15) is 28.8 Å². The van der Waals surface area contributed by atoms with Gasteiger partial charge in [-0.15, -0.1) is 0 Å². The van der Waals surface area contributed by atoms with Crippen LogP contribution >= 0.6 is 11.6 Å². The van der Waals surface area contributed by atoms with Gasteiger partial charge in [-0.1, -0.05) is 29.8 Å². The molecule has 25 heavy (non-hydrogen) atoms. The summed E-state index contributed by atoms with van der Waals surface area (Å²) in [6.07, 6.45) is 1.76. The summed E-state index contributed by atoms with van der Waals surface area (Å²) >= 11 is 6.51. The molecule has 0 bridgehead atoms. The van der Waals surface area contributed by atoms with Gasteiger partial charge >= 0.3 is 0 Å². The molecule has 0 spiro atoms. The van der Waals surface area contributed by atoms with Crippen molar-refractivity contribution in [3.05, 3.63) is 82.7 Å². The molecule has 0 saturated carbocycles. The monoisotopic (exact) mass is 349 g/mol. The normalized spacial score (nSPS) is 12.4. The van der Waals surface area contributed by atoms with E-state index in [2.05, 4.69) is 15.1 Å². The lowest BCUT2D eigenvalue weighted by Gasteiger charge is -2.19. The zero-order chi connectivity index (χ0) is 17.4. The van der Waals surface area contributed by atoms with Crippen LogP contribution in [0.15, 0.2) is 54.7 Å². The van der Waals surface area contributed by atoms with Crippen LogP contribution < -0.4 is 0 Å². The molecule has 3 heterocycles. The third-order valence-corrected chi connectivity index (χ3v) is 4.35. The molecule has 0 aliphatic rings. The summed E-state index contributed by atoms with van der Waals surface area (Å²) in [7, 11) is 0. The van der Waals surface area contributed by atoms with Crippen molar-refractivity contribution < 1.29 is 0 Å². The van der Waals surface area contributed by atoms with Crippen LogP contribution in [0.3, 0.4) is 0 Å². The Morgan fingerprint density at radius 3 is 2.32 bits per heavy atom. The van der Waals surface area contributed by atoms with Gasteiger partial charge in [0.2, 0.25) is 0 Å². The minimum Gasteiger partial charge on any atom is -0.259 e. The van der Waals surface area contributed by atoms with Crippen LogP contribution in [0.2, 0.25) is 5.15 Å². The molecule has 6 heteroatoms. The van der Waals surface area contributed by atoms with E-state index in [1.165, 1.54) is 0 Å². The first-order valence-electron chi connectivity index (χ1n) is 7.99. The fourth-order valence-electron chi connectivity index (χ4n) is 2.99. The van der Waals surface area contributed by atoms with Crippen molar-refractivity contribution in [1.82, 2.24) is 24.7 Å². The van der Waals surface area contributed by atoms with E-state index in [1.807, 2.05) is 67.1 Å². The first kappa shape index (κ1) is 15.7. The number of hydrogen-bond donors (Lipinski definition) is 0. The quantitative estimate of drug-likeness (QED) is 0.558. The van der Waals surface area contributed by atoms with Gasteiger partial charge in [-0.2, -0.15) is 5.10 Å². The summed E-state index contributed by atoms with van der Waals surface area (Å²) < 4.78 is 1.91. The van der Waals surface area contributed by atoms with Gasteiger partial charge in [0, 0.05) is 11.9 Å². The standard InChI is InChI=1S/C19H16ClN5/c1-12-11-13(2)25(24-12)18(16-9-5-6-10-21-16)17-19(20)23-15-8-4-3-7-14(15)22-17/h3-11,18H,1-2H3. The van der Waals surface area contributed by atoms with Gasteiger partial charge in [-0.25, -0.2) is 9.97 Å². The van der Waals surface area contributed by atoms with Gasteiger partial charge in [0.25, 0.3) is 0 Å². The Morgan fingerprint density at radius 1 is 0.960 bits per heavy atom. The molecule has 0 fully saturated rings. The molecule has 1 aromatic carbocycles. The Labute approximate surface area is 150 Å². The average Bonchev–Trinajstić information content (AvgIpc) is 2.95. The van der Waals surface area contributed by atoms with Crippen LogP contribution in [0, 0.1) is 13.8 Å². The summed E-state index contributed by atoms with van der Waals surface area (Å²) in [5.41, 5.74) is 4.97. The number of pyridine rings is 1. The second-order valence-corrected chi connectivity index (χ2v) is 6.28. The van der Waals surface area contributed by atoms with Crippen molar-refractivity contribution >= 4 is 22.6 Å². The highest BCUT2D eigenvalue weighted by Gasteiger charge is 2.25. The van der Waals surface area contributed by atoms with Gasteiger partial charge in [0.05, 0.1) is 22.4 Å². The number of aromatic nitrogens is 5. The predicted octanol–water partition coefficient (Wildman–Crippen LogP) is 4.13. The van der Waals surface area contributed by atoms with E-state index in [-0.39, 0.29) is 6.04 Å². The molecular formula is C19H16ClN5. The number of benzene rings is 1. The molecule has 1 atom stereocenters. The van der Waals surface area contributed by atoms with Gasteiger partial charge in [0.1, 0.15) is 11.7 Å². The smallest absolute Gasteiger partial charge is 0.153 e. The maximum atomic E-state index is 6.51. The minimum absolute atomic E-state index is 0.334. The third-order valence-electron chi connectivity index (χ3n) is 4.07. The van der Waals surface area contributed by atoms with Crippen LogP contribution in [0.4, 0.5) is 0 Å². The van der Waals surface area contributed by atoms with E-state index < -0.39 is 0 Å². The molecule has 4 rings (SSSR count). The zero-order valence-corrected chi connectivity index (χ0v) is 14.6. The molecule has 0 N–H and O–H groups in total. The Morgan fingerprint density at radius 2 is 1.68 bits per heavy atom. The molecule has 0 radical (unpaired) electrons. The Bertz CT molecular complexity index is 1040.